The fourth-order valence-electron chi connectivity index (χ4n) is 1.06. The molecule has 0 aromatic carbocycles. The third-order valence-corrected chi connectivity index (χ3v) is 1.70. The molecule has 84 valence electrons. The Morgan fingerprint density at radius 2 is 1.86 bits per heavy atom. The van der Waals surface area contributed by atoms with Gasteiger partial charge in [0.2, 0.25) is 0 Å². The van der Waals surface area contributed by atoms with Gasteiger partial charge in [-0.2, -0.15) is 0 Å². The molecule has 1 N–H and O–H groups in total. The second-order valence-electron chi connectivity index (χ2n) is 4.86. The molecule has 0 aliphatic rings. The highest BCUT2D eigenvalue weighted by molar-refractivity contribution is 5.82. The van der Waals surface area contributed by atoms with Crippen molar-refractivity contribution in [3.63, 3.8) is 0 Å². The van der Waals surface area contributed by atoms with Crippen molar-refractivity contribution >= 4 is 5.84 Å². The minimum atomic E-state index is 0.118. The summed E-state index contributed by atoms with van der Waals surface area (Å²) in [6, 6.07) is 0. The molecule has 0 saturated heterocycles. The Bertz CT molecular complexity index is 177. The minimum Gasteiger partial charge on any atom is -0.369 e. The average Bonchev–Trinajstić information content (AvgIpc) is 1.99. The predicted molar refractivity (Wildman–Crippen MR) is 64.0 cm³/mol. The molecule has 0 aliphatic carbocycles. The van der Waals surface area contributed by atoms with E-state index >= 15 is 0 Å². The molecule has 0 radical (unpaired) electrons. The molecule has 0 heterocycles. The SMILES string of the molecule is CCC(=NCCN(C)C)NC(C)(C)C. The molecule has 14 heavy (non-hydrogen) atoms. The van der Waals surface area contributed by atoms with E-state index in [1.807, 2.05) is 0 Å². The number of hydrogen-bond donors (Lipinski definition) is 1. The number of nitrogens with one attached hydrogen (secondary N) is 1. The van der Waals surface area contributed by atoms with Crippen LogP contribution < -0.4 is 5.32 Å². The van der Waals surface area contributed by atoms with Crippen molar-refractivity contribution < 1.29 is 0 Å². The Balaban J connectivity index is 4.00. The van der Waals surface area contributed by atoms with Crippen molar-refractivity contribution in [2.45, 2.75) is 39.7 Å². The maximum Gasteiger partial charge on any atom is 0.0964 e. The lowest BCUT2D eigenvalue weighted by Crippen LogP contribution is -2.40. The second-order valence-corrected chi connectivity index (χ2v) is 4.86. The van der Waals surface area contributed by atoms with Gasteiger partial charge in [0.15, 0.2) is 0 Å². The molecule has 0 amide bonds. The first-order valence-corrected chi connectivity index (χ1v) is 5.31. The van der Waals surface area contributed by atoms with Gasteiger partial charge < -0.3 is 10.2 Å². The molecule has 0 rings (SSSR count). The number of aliphatic imine (C=N–C) groups is 1. The molecule has 3 nitrogen and oxygen atoms in total. The summed E-state index contributed by atoms with van der Waals surface area (Å²) in [6.07, 6.45) is 0.977. The van der Waals surface area contributed by atoms with Gasteiger partial charge in [-0.05, 0) is 34.9 Å². The Morgan fingerprint density at radius 3 is 2.21 bits per heavy atom. The number of hydrogen-bond acceptors (Lipinski definition) is 2. The molecular weight excluding hydrogens is 174 g/mol. The largest absolute Gasteiger partial charge is 0.369 e. The summed E-state index contributed by atoms with van der Waals surface area (Å²) >= 11 is 0. The van der Waals surface area contributed by atoms with Crippen LogP contribution in [0.5, 0.6) is 0 Å². The molecule has 0 bridgehead atoms. The van der Waals surface area contributed by atoms with Crippen molar-refractivity contribution in [1.29, 1.82) is 0 Å². The molecule has 3 heteroatoms. The van der Waals surface area contributed by atoms with Crippen LogP contribution in [-0.2, 0) is 0 Å². The third kappa shape index (κ3) is 8.05. The standard InChI is InChI=1S/C11H25N3/c1-7-10(13-11(2,3)4)12-8-9-14(5)6/h7-9H2,1-6H3,(H,12,13). The van der Waals surface area contributed by atoms with Gasteiger partial charge in [0.25, 0.3) is 0 Å². The summed E-state index contributed by atoms with van der Waals surface area (Å²) in [5, 5.41) is 3.41. The first-order valence-electron chi connectivity index (χ1n) is 5.31. The van der Waals surface area contributed by atoms with Gasteiger partial charge >= 0.3 is 0 Å². The summed E-state index contributed by atoms with van der Waals surface area (Å²) in [7, 11) is 4.14. The second kappa shape index (κ2) is 6.02. The molecule has 0 fully saturated rings. The minimum absolute atomic E-state index is 0.118. The Hall–Kier alpha value is -0.570. The zero-order valence-electron chi connectivity index (χ0n) is 10.5. The Morgan fingerprint density at radius 1 is 1.29 bits per heavy atom. The molecule has 0 saturated carbocycles. The highest BCUT2D eigenvalue weighted by Gasteiger charge is 2.10. The predicted octanol–water partition coefficient (Wildman–Crippen LogP) is 1.74. The van der Waals surface area contributed by atoms with E-state index in [9.17, 15) is 0 Å². The monoisotopic (exact) mass is 199 g/mol. The highest BCUT2D eigenvalue weighted by atomic mass is 15.1. The highest BCUT2D eigenvalue weighted by Crippen LogP contribution is 2.00. The summed E-state index contributed by atoms with van der Waals surface area (Å²) in [6.45, 7) is 10.5. The quantitative estimate of drug-likeness (QED) is 0.552. The summed E-state index contributed by atoms with van der Waals surface area (Å²) in [5.41, 5.74) is 0.118. The van der Waals surface area contributed by atoms with E-state index in [4.69, 9.17) is 0 Å². The summed E-state index contributed by atoms with van der Waals surface area (Å²) in [5.74, 6) is 1.11. The van der Waals surface area contributed by atoms with Crippen LogP contribution in [0.25, 0.3) is 0 Å². The van der Waals surface area contributed by atoms with Crippen molar-refractivity contribution in [2.75, 3.05) is 27.2 Å². The van der Waals surface area contributed by atoms with Gasteiger partial charge in [0, 0.05) is 18.5 Å². The van der Waals surface area contributed by atoms with Crippen molar-refractivity contribution in [3.05, 3.63) is 0 Å². The number of rotatable bonds is 4. The fraction of sp³-hybridized carbons (Fsp3) is 0.909. The fourth-order valence-corrected chi connectivity index (χ4v) is 1.06. The van der Waals surface area contributed by atoms with Crippen molar-refractivity contribution in [1.82, 2.24) is 10.2 Å². The van der Waals surface area contributed by atoms with Gasteiger partial charge in [-0.15, -0.1) is 0 Å². The van der Waals surface area contributed by atoms with E-state index in [1.165, 1.54) is 0 Å². The molecule has 0 atom stereocenters. The molecule has 0 aromatic heterocycles. The van der Waals surface area contributed by atoms with Crippen LogP contribution in [0, 0.1) is 0 Å². The van der Waals surface area contributed by atoms with Crippen LogP contribution in [0.2, 0.25) is 0 Å². The lowest BCUT2D eigenvalue weighted by atomic mass is 10.1. The molecule has 0 aliphatic heterocycles. The third-order valence-electron chi connectivity index (χ3n) is 1.70. The van der Waals surface area contributed by atoms with Gasteiger partial charge in [-0.25, -0.2) is 0 Å². The zero-order valence-corrected chi connectivity index (χ0v) is 10.5. The van der Waals surface area contributed by atoms with Crippen LogP contribution >= 0.6 is 0 Å². The van der Waals surface area contributed by atoms with E-state index in [0.717, 1.165) is 25.3 Å². The number of likely N-dealkylation sites (N-methyl/N-ethyl adjacent to an activating group) is 1. The van der Waals surface area contributed by atoms with E-state index in [1.54, 1.807) is 0 Å². The van der Waals surface area contributed by atoms with E-state index in [2.05, 4.69) is 57.0 Å². The maximum absolute atomic E-state index is 4.53. The van der Waals surface area contributed by atoms with E-state index in [0.29, 0.717) is 0 Å². The summed E-state index contributed by atoms with van der Waals surface area (Å²) in [4.78, 5) is 6.68. The normalized spacial score (nSPS) is 13.5. The molecule has 0 spiro atoms. The zero-order chi connectivity index (χ0) is 11.2. The van der Waals surface area contributed by atoms with Crippen molar-refractivity contribution in [3.8, 4) is 0 Å². The first-order chi connectivity index (χ1) is 6.35. The topological polar surface area (TPSA) is 27.6 Å². The van der Waals surface area contributed by atoms with Gasteiger partial charge in [-0.1, -0.05) is 6.92 Å². The van der Waals surface area contributed by atoms with Gasteiger partial charge in [0.05, 0.1) is 12.4 Å². The van der Waals surface area contributed by atoms with Gasteiger partial charge in [0.1, 0.15) is 0 Å². The Kier molecular flexibility index (Phi) is 5.77. The maximum atomic E-state index is 4.53. The number of nitrogens with zero attached hydrogens (tertiary/aromatic N) is 2. The lowest BCUT2D eigenvalue weighted by Gasteiger charge is -2.23. The van der Waals surface area contributed by atoms with Gasteiger partial charge in [-0.3, -0.25) is 4.99 Å². The van der Waals surface area contributed by atoms with Crippen LogP contribution in [0.1, 0.15) is 34.1 Å². The van der Waals surface area contributed by atoms with Crippen molar-refractivity contribution in [2.24, 2.45) is 4.99 Å². The first kappa shape index (κ1) is 13.4. The van der Waals surface area contributed by atoms with Crippen LogP contribution in [0.4, 0.5) is 0 Å². The number of amidine groups is 1. The van der Waals surface area contributed by atoms with Crippen LogP contribution in [-0.4, -0.2) is 43.5 Å². The Labute approximate surface area is 88.6 Å². The average molecular weight is 199 g/mol. The lowest BCUT2D eigenvalue weighted by molar-refractivity contribution is 0.419. The summed E-state index contributed by atoms with van der Waals surface area (Å²) < 4.78 is 0. The smallest absolute Gasteiger partial charge is 0.0964 e. The molecule has 0 aromatic rings. The van der Waals surface area contributed by atoms with E-state index < -0.39 is 0 Å². The van der Waals surface area contributed by atoms with E-state index in [-0.39, 0.29) is 5.54 Å². The van der Waals surface area contributed by atoms with Crippen LogP contribution in [0.3, 0.4) is 0 Å². The molecular formula is C11H25N3. The molecule has 0 unspecified atom stereocenters. The van der Waals surface area contributed by atoms with Crippen LogP contribution in [0.15, 0.2) is 4.99 Å².